The Kier molecular flexibility index (Phi) is 3.98. The summed E-state index contributed by atoms with van der Waals surface area (Å²) in [6, 6.07) is 5.10. The third kappa shape index (κ3) is 2.83. The molecule has 0 aromatic heterocycles. The fourth-order valence-electron chi connectivity index (χ4n) is 2.40. The van der Waals surface area contributed by atoms with E-state index in [9.17, 15) is 9.50 Å². The van der Waals surface area contributed by atoms with Gasteiger partial charge in [0.1, 0.15) is 5.82 Å². The van der Waals surface area contributed by atoms with Crippen LogP contribution in [0.5, 0.6) is 0 Å². The molecule has 2 atom stereocenters. The number of aliphatic hydroxyl groups is 1. The molecule has 1 aromatic rings. The van der Waals surface area contributed by atoms with Crippen molar-refractivity contribution in [3.8, 4) is 0 Å². The van der Waals surface area contributed by atoms with Crippen molar-refractivity contribution in [3.63, 3.8) is 0 Å². The second kappa shape index (κ2) is 5.28. The van der Waals surface area contributed by atoms with Crippen molar-refractivity contribution in [2.24, 2.45) is 5.92 Å². The van der Waals surface area contributed by atoms with Crippen LogP contribution in [0.4, 0.5) is 4.39 Å². The van der Waals surface area contributed by atoms with Gasteiger partial charge in [-0.15, -0.1) is 0 Å². The molecule has 0 radical (unpaired) electrons. The standard InChI is InChI=1S/C13H16BrFO/c14-11-8-9(5-6-12(11)15)7-10-3-1-2-4-13(10)16/h5-6,8,10,13,16H,1-4,7H2. The van der Waals surface area contributed by atoms with Gasteiger partial charge in [0, 0.05) is 0 Å². The van der Waals surface area contributed by atoms with Crippen molar-refractivity contribution in [2.45, 2.75) is 38.2 Å². The van der Waals surface area contributed by atoms with Gasteiger partial charge in [0.2, 0.25) is 0 Å². The van der Waals surface area contributed by atoms with Crippen LogP contribution in [-0.4, -0.2) is 11.2 Å². The molecule has 0 saturated heterocycles. The van der Waals surface area contributed by atoms with Crippen molar-refractivity contribution >= 4 is 15.9 Å². The summed E-state index contributed by atoms with van der Waals surface area (Å²) in [4.78, 5) is 0. The first kappa shape index (κ1) is 12.1. The van der Waals surface area contributed by atoms with Gasteiger partial charge >= 0.3 is 0 Å². The first-order valence-corrected chi connectivity index (χ1v) is 6.58. The average molecular weight is 287 g/mol. The van der Waals surface area contributed by atoms with E-state index in [-0.39, 0.29) is 11.9 Å². The highest BCUT2D eigenvalue weighted by molar-refractivity contribution is 9.10. The lowest BCUT2D eigenvalue weighted by Gasteiger charge is -2.27. The Labute approximate surface area is 104 Å². The molecule has 0 amide bonds. The Bertz CT molecular complexity index is 367. The van der Waals surface area contributed by atoms with Crippen molar-refractivity contribution in [1.82, 2.24) is 0 Å². The zero-order valence-corrected chi connectivity index (χ0v) is 10.7. The molecule has 16 heavy (non-hydrogen) atoms. The van der Waals surface area contributed by atoms with Crippen LogP contribution >= 0.6 is 15.9 Å². The fourth-order valence-corrected chi connectivity index (χ4v) is 2.82. The molecule has 1 N–H and O–H groups in total. The third-order valence-electron chi connectivity index (χ3n) is 3.35. The predicted molar refractivity (Wildman–Crippen MR) is 65.8 cm³/mol. The van der Waals surface area contributed by atoms with E-state index < -0.39 is 0 Å². The highest BCUT2D eigenvalue weighted by Crippen LogP contribution is 2.28. The van der Waals surface area contributed by atoms with Gasteiger partial charge in [-0.25, -0.2) is 4.39 Å². The number of hydrogen-bond acceptors (Lipinski definition) is 1. The molecule has 1 nitrogen and oxygen atoms in total. The second-order valence-corrected chi connectivity index (χ2v) is 5.42. The van der Waals surface area contributed by atoms with E-state index in [1.165, 1.54) is 12.5 Å². The molecular formula is C13H16BrFO. The summed E-state index contributed by atoms with van der Waals surface area (Å²) in [6.07, 6.45) is 4.98. The lowest BCUT2D eigenvalue weighted by Crippen LogP contribution is -2.26. The van der Waals surface area contributed by atoms with Crippen molar-refractivity contribution < 1.29 is 9.50 Å². The van der Waals surface area contributed by atoms with Crippen molar-refractivity contribution in [1.29, 1.82) is 0 Å². The summed E-state index contributed by atoms with van der Waals surface area (Å²) in [5.41, 5.74) is 1.10. The van der Waals surface area contributed by atoms with Crippen LogP contribution in [-0.2, 0) is 6.42 Å². The van der Waals surface area contributed by atoms with E-state index in [4.69, 9.17) is 0 Å². The molecule has 1 aliphatic carbocycles. The maximum atomic E-state index is 13.1. The SMILES string of the molecule is OC1CCCCC1Cc1ccc(F)c(Br)c1. The molecule has 0 aliphatic heterocycles. The van der Waals surface area contributed by atoms with Crippen molar-refractivity contribution in [2.75, 3.05) is 0 Å². The zero-order valence-electron chi connectivity index (χ0n) is 9.13. The molecule has 2 rings (SSSR count). The van der Waals surface area contributed by atoms with Crippen LogP contribution in [0.2, 0.25) is 0 Å². The minimum atomic E-state index is -0.229. The van der Waals surface area contributed by atoms with Gasteiger partial charge in [-0.1, -0.05) is 18.9 Å². The first-order chi connectivity index (χ1) is 7.66. The summed E-state index contributed by atoms with van der Waals surface area (Å²) < 4.78 is 13.6. The van der Waals surface area contributed by atoms with Crippen LogP contribution in [0.15, 0.2) is 22.7 Å². The van der Waals surface area contributed by atoms with Gasteiger partial charge in [0.15, 0.2) is 0 Å². The van der Waals surface area contributed by atoms with E-state index >= 15 is 0 Å². The van der Waals surface area contributed by atoms with Crippen LogP contribution in [0.3, 0.4) is 0 Å². The summed E-state index contributed by atoms with van der Waals surface area (Å²) in [6.45, 7) is 0. The van der Waals surface area contributed by atoms with E-state index in [0.717, 1.165) is 31.2 Å². The van der Waals surface area contributed by atoms with Crippen LogP contribution in [0.25, 0.3) is 0 Å². The Morgan fingerprint density at radius 1 is 1.31 bits per heavy atom. The molecule has 1 aliphatic rings. The predicted octanol–water partition coefficient (Wildman–Crippen LogP) is 3.68. The largest absolute Gasteiger partial charge is 0.393 e. The van der Waals surface area contributed by atoms with Gasteiger partial charge in [0.25, 0.3) is 0 Å². The number of rotatable bonds is 2. The highest BCUT2D eigenvalue weighted by Gasteiger charge is 2.23. The molecule has 0 bridgehead atoms. The molecule has 2 unspecified atom stereocenters. The molecule has 0 spiro atoms. The monoisotopic (exact) mass is 286 g/mol. The first-order valence-electron chi connectivity index (χ1n) is 5.79. The topological polar surface area (TPSA) is 20.2 Å². The Morgan fingerprint density at radius 2 is 2.06 bits per heavy atom. The molecule has 1 aromatic carbocycles. The zero-order chi connectivity index (χ0) is 11.5. The van der Waals surface area contributed by atoms with Gasteiger partial charge in [-0.05, 0) is 58.8 Å². The number of halogens is 2. The van der Waals surface area contributed by atoms with Crippen LogP contribution < -0.4 is 0 Å². The normalized spacial score (nSPS) is 25.7. The maximum Gasteiger partial charge on any atom is 0.137 e. The molecular weight excluding hydrogens is 271 g/mol. The van der Waals surface area contributed by atoms with Crippen LogP contribution in [0.1, 0.15) is 31.2 Å². The van der Waals surface area contributed by atoms with Crippen LogP contribution in [0, 0.1) is 11.7 Å². The lowest BCUT2D eigenvalue weighted by molar-refractivity contribution is 0.0700. The van der Waals surface area contributed by atoms with Gasteiger partial charge in [-0.2, -0.15) is 0 Å². The molecule has 88 valence electrons. The second-order valence-electron chi connectivity index (χ2n) is 4.56. The Morgan fingerprint density at radius 3 is 2.75 bits per heavy atom. The highest BCUT2D eigenvalue weighted by atomic mass is 79.9. The number of benzene rings is 1. The summed E-state index contributed by atoms with van der Waals surface area (Å²) in [5.74, 6) is 0.110. The minimum absolute atomic E-state index is 0.183. The summed E-state index contributed by atoms with van der Waals surface area (Å²) >= 11 is 3.19. The van der Waals surface area contributed by atoms with Gasteiger partial charge in [0.05, 0.1) is 10.6 Å². The van der Waals surface area contributed by atoms with E-state index in [2.05, 4.69) is 15.9 Å². The number of aliphatic hydroxyl groups excluding tert-OH is 1. The molecule has 1 fully saturated rings. The Hall–Kier alpha value is -0.410. The maximum absolute atomic E-state index is 13.1. The molecule has 3 heteroatoms. The lowest BCUT2D eigenvalue weighted by atomic mass is 9.82. The molecule has 1 saturated carbocycles. The smallest absolute Gasteiger partial charge is 0.137 e. The third-order valence-corrected chi connectivity index (χ3v) is 3.96. The van der Waals surface area contributed by atoms with Crippen molar-refractivity contribution in [3.05, 3.63) is 34.1 Å². The summed E-state index contributed by atoms with van der Waals surface area (Å²) in [7, 11) is 0. The van der Waals surface area contributed by atoms with Gasteiger partial charge in [-0.3, -0.25) is 0 Å². The number of hydrogen-bond donors (Lipinski definition) is 1. The van der Waals surface area contributed by atoms with Gasteiger partial charge < -0.3 is 5.11 Å². The quantitative estimate of drug-likeness (QED) is 0.879. The minimum Gasteiger partial charge on any atom is -0.393 e. The average Bonchev–Trinajstić information content (AvgIpc) is 2.27. The van der Waals surface area contributed by atoms with E-state index in [0.29, 0.717) is 10.4 Å². The fraction of sp³-hybridized carbons (Fsp3) is 0.538. The Balaban J connectivity index is 2.05. The van der Waals surface area contributed by atoms with E-state index in [1.54, 1.807) is 6.07 Å². The molecule has 0 heterocycles. The summed E-state index contributed by atoms with van der Waals surface area (Å²) in [5, 5.41) is 9.87. The van der Waals surface area contributed by atoms with E-state index in [1.807, 2.05) is 6.07 Å².